The molecule has 0 aromatic carbocycles. The first-order valence-electron chi connectivity index (χ1n) is 6.74. The highest BCUT2D eigenvalue weighted by atomic mass is 32.2. The third kappa shape index (κ3) is 4.18. The Bertz CT molecular complexity index is 792. The van der Waals surface area contributed by atoms with Gasteiger partial charge in [0.15, 0.2) is 9.84 Å². The van der Waals surface area contributed by atoms with Gasteiger partial charge in [0.25, 0.3) is 0 Å². The van der Waals surface area contributed by atoms with E-state index in [0.717, 1.165) is 16.2 Å². The Morgan fingerprint density at radius 2 is 2.22 bits per heavy atom. The van der Waals surface area contributed by atoms with E-state index in [2.05, 4.69) is 10.5 Å². The number of carbonyl (C=O) groups excluding carboxylic acids is 1. The van der Waals surface area contributed by atoms with Gasteiger partial charge in [-0.25, -0.2) is 13.2 Å². The smallest absolute Gasteiger partial charge is 0.350 e. The van der Waals surface area contributed by atoms with Crippen LogP contribution >= 0.6 is 22.7 Å². The van der Waals surface area contributed by atoms with Crippen molar-refractivity contribution in [3.8, 4) is 0 Å². The topological polar surface area (TPSA) is 84.8 Å². The molecule has 0 spiro atoms. The van der Waals surface area contributed by atoms with Crippen LogP contribution in [0.2, 0.25) is 0 Å². The van der Waals surface area contributed by atoms with Gasteiger partial charge in [-0.05, 0) is 17.9 Å². The first kappa shape index (κ1) is 17.6. The average Bonchev–Trinajstić information content (AvgIpc) is 3.16. The molecule has 0 unspecified atom stereocenters. The molecule has 2 rings (SSSR count). The lowest BCUT2D eigenvalue weighted by atomic mass is 10.4. The number of carbonyl (C=O) groups is 1. The number of nitrogens with zero attached hydrogens (tertiary/aromatic N) is 1. The first-order chi connectivity index (χ1) is 11.0. The third-order valence-corrected chi connectivity index (χ3v) is 6.70. The maximum atomic E-state index is 12.3. The number of nitrogens with one attached hydrogen (secondary N) is 1. The summed E-state index contributed by atoms with van der Waals surface area (Å²) in [5.41, 5.74) is 2.86. The predicted molar refractivity (Wildman–Crippen MR) is 93.5 cm³/mol. The number of esters is 1. The highest BCUT2D eigenvalue weighted by molar-refractivity contribution is 7.91. The fraction of sp³-hybridized carbons (Fsp3) is 0.286. The minimum absolute atomic E-state index is 0.00760. The van der Waals surface area contributed by atoms with E-state index in [1.165, 1.54) is 23.8 Å². The van der Waals surface area contributed by atoms with Gasteiger partial charge in [0.2, 0.25) is 0 Å². The normalized spacial score (nSPS) is 11.7. The average molecular weight is 372 g/mol. The zero-order chi connectivity index (χ0) is 16.9. The van der Waals surface area contributed by atoms with Crippen LogP contribution in [0.4, 0.5) is 5.69 Å². The molecule has 6 nitrogen and oxygen atoms in total. The van der Waals surface area contributed by atoms with Crippen molar-refractivity contribution < 1.29 is 17.9 Å². The molecule has 2 aromatic rings. The summed E-state index contributed by atoms with van der Waals surface area (Å²) < 4.78 is 29.4. The fourth-order valence-electron chi connectivity index (χ4n) is 1.82. The molecule has 9 heteroatoms. The highest BCUT2D eigenvalue weighted by Crippen LogP contribution is 2.33. The molecule has 0 saturated carbocycles. The summed E-state index contributed by atoms with van der Waals surface area (Å²) in [6, 6.07) is 3.76. The van der Waals surface area contributed by atoms with Crippen LogP contribution in [0.25, 0.3) is 0 Å². The van der Waals surface area contributed by atoms with E-state index in [1.807, 2.05) is 17.5 Å². The lowest BCUT2D eigenvalue weighted by Gasteiger charge is -2.06. The summed E-state index contributed by atoms with van der Waals surface area (Å²) >= 11 is 2.52. The molecule has 2 heterocycles. The number of thiophene rings is 2. The molecule has 0 aliphatic rings. The SMILES string of the molecule is CCCS(=O)(=O)c1csc(C(=O)OC)c1N/N=C/c1cccs1. The molecule has 0 saturated heterocycles. The van der Waals surface area contributed by atoms with E-state index in [-0.39, 0.29) is 21.2 Å². The number of hydrazone groups is 1. The second-order valence-corrected chi connectivity index (χ2v) is 8.44. The van der Waals surface area contributed by atoms with Crippen LogP contribution in [0, 0.1) is 0 Å². The summed E-state index contributed by atoms with van der Waals surface area (Å²) in [5.74, 6) is -0.588. The Kier molecular flexibility index (Phi) is 5.91. The molecule has 0 aliphatic carbocycles. The van der Waals surface area contributed by atoms with Crippen molar-refractivity contribution in [2.75, 3.05) is 18.3 Å². The summed E-state index contributed by atoms with van der Waals surface area (Å²) in [7, 11) is -2.23. The molecule has 0 atom stereocenters. The van der Waals surface area contributed by atoms with Crippen molar-refractivity contribution in [3.05, 3.63) is 32.6 Å². The monoisotopic (exact) mass is 372 g/mol. The Balaban J connectivity index is 2.37. The molecule has 0 radical (unpaired) electrons. The lowest BCUT2D eigenvalue weighted by Crippen LogP contribution is -2.09. The maximum Gasteiger partial charge on any atom is 0.350 e. The van der Waals surface area contributed by atoms with E-state index >= 15 is 0 Å². The van der Waals surface area contributed by atoms with Crippen molar-refractivity contribution in [2.24, 2.45) is 5.10 Å². The Morgan fingerprint density at radius 3 is 2.83 bits per heavy atom. The van der Waals surface area contributed by atoms with Crippen molar-refractivity contribution in [1.29, 1.82) is 0 Å². The van der Waals surface area contributed by atoms with Crippen LogP contribution in [0.15, 0.2) is 32.9 Å². The largest absolute Gasteiger partial charge is 0.465 e. The van der Waals surface area contributed by atoms with Gasteiger partial charge in [0.1, 0.15) is 15.5 Å². The molecule has 1 N–H and O–H groups in total. The van der Waals surface area contributed by atoms with Gasteiger partial charge in [-0.2, -0.15) is 5.10 Å². The summed E-state index contributed by atoms with van der Waals surface area (Å²) in [6.45, 7) is 1.78. The van der Waals surface area contributed by atoms with Gasteiger partial charge in [-0.15, -0.1) is 22.7 Å². The van der Waals surface area contributed by atoms with Crippen molar-refractivity contribution in [2.45, 2.75) is 18.2 Å². The molecule has 0 amide bonds. The summed E-state index contributed by atoms with van der Waals surface area (Å²) in [6.07, 6.45) is 2.06. The van der Waals surface area contributed by atoms with Crippen molar-refractivity contribution in [3.63, 3.8) is 0 Å². The zero-order valence-electron chi connectivity index (χ0n) is 12.6. The number of sulfone groups is 1. The molecule has 0 fully saturated rings. The first-order valence-corrected chi connectivity index (χ1v) is 10.2. The molecule has 2 aromatic heterocycles. The maximum absolute atomic E-state index is 12.3. The second kappa shape index (κ2) is 7.71. The highest BCUT2D eigenvalue weighted by Gasteiger charge is 2.26. The van der Waals surface area contributed by atoms with E-state index in [1.54, 1.807) is 13.1 Å². The lowest BCUT2D eigenvalue weighted by molar-refractivity contribution is 0.0607. The summed E-state index contributed by atoms with van der Waals surface area (Å²) in [4.78, 5) is 13.0. The van der Waals surface area contributed by atoms with E-state index in [4.69, 9.17) is 4.74 Å². The van der Waals surface area contributed by atoms with E-state index < -0.39 is 15.8 Å². The van der Waals surface area contributed by atoms with E-state index in [9.17, 15) is 13.2 Å². The van der Waals surface area contributed by atoms with Crippen molar-refractivity contribution >= 4 is 50.4 Å². The summed E-state index contributed by atoms with van der Waals surface area (Å²) in [5, 5.41) is 7.39. The molecular formula is C14H16N2O4S3. The molecule has 0 aliphatic heterocycles. The van der Waals surface area contributed by atoms with Crippen LogP contribution in [0.5, 0.6) is 0 Å². The van der Waals surface area contributed by atoms with Gasteiger partial charge >= 0.3 is 5.97 Å². The standard InChI is InChI=1S/C14H16N2O4S3/c1-3-7-23(18,19)11-9-22-13(14(17)20-2)12(11)16-15-8-10-5-4-6-21-10/h4-6,8-9,16H,3,7H2,1-2H3/b15-8+. The molecular weight excluding hydrogens is 356 g/mol. The van der Waals surface area contributed by atoms with E-state index in [0.29, 0.717) is 6.42 Å². The second-order valence-electron chi connectivity index (χ2n) is 4.50. The van der Waals surface area contributed by atoms with Crippen LogP contribution < -0.4 is 5.43 Å². The van der Waals surface area contributed by atoms with Gasteiger partial charge in [-0.3, -0.25) is 5.43 Å². The minimum atomic E-state index is -3.48. The number of anilines is 1. The quantitative estimate of drug-likeness (QED) is 0.458. The zero-order valence-corrected chi connectivity index (χ0v) is 15.1. The van der Waals surface area contributed by atoms with Crippen LogP contribution in [0.1, 0.15) is 27.9 Å². The van der Waals surface area contributed by atoms with Crippen LogP contribution in [-0.4, -0.2) is 33.5 Å². The fourth-order valence-corrected chi connectivity index (χ4v) is 5.22. The number of methoxy groups -OCH3 is 1. The van der Waals surface area contributed by atoms with Gasteiger partial charge in [0, 0.05) is 10.3 Å². The molecule has 23 heavy (non-hydrogen) atoms. The Labute approximate surface area is 142 Å². The number of hydrogen-bond donors (Lipinski definition) is 1. The number of hydrogen-bond acceptors (Lipinski definition) is 8. The third-order valence-electron chi connectivity index (χ3n) is 2.85. The molecule has 124 valence electrons. The predicted octanol–water partition coefficient (Wildman–Crippen LogP) is 3.23. The van der Waals surface area contributed by atoms with Gasteiger partial charge in [-0.1, -0.05) is 13.0 Å². The Hall–Kier alpha value is -1.71. The van der Waals surface area contributed by atoms with Gasteiger partial charge < -0.3 is 4.74 Å². The van der Waals surface area contributed by atoms with Crippen LogP contribution in [-0.2, 0) is 14.6 Å². The van der Waals surface area contributed by atoms with Crippen LogP contribution in [0.3, 0.4) is 0 Å². The minimum Gasteiger partial charge on any atom is -0.465 e. The Morgan fingerprint density at radius 1 is 1.43 bits per heavy atom. The number of ether oxygens (including phenoxy) is 1. The number of rotatable bonds is 7. The van der Waals surface area contributed by atoms with Crippen molar-refractivity contribution in [1.82, 2.24) is 0 Å². The molecule has 0 bridgehead atoms. The van der Waals surface area contributed by atoms with Gasteiger partial charge in [0.05, 0.1) is 19.1 Å².